The smallest absolute Gasteiger partial charge is 0.324 e. The summed E-state index contributed by atoms with van der Waals surface area (Å²) in [7, 11) is 0. The van der Waals surface area contributed by atoms with Crippen molar-refractivity contribution in [2.24, 2.45) is 0 Å². The van der Waals surface area contributed by atoms with Gasteiger partial charge in [-0.15, -0.1) is 0 Å². The third-order valence-corrected chi connectivity index (χ3v) is 6.64. The molecule has 2 amide bonds. The van der Waals surface area contributed by atoms with Crippen LogP contribution in [0.4, 0.5) is 16.3 Å². The molecule has 0 aliphatic carbocycles. The molecule has 1 aliphatic rings. The van der Waals surface area contributed by atoms with Crippen LogP contribution in [-0.4, -0.2) is 44.9 Å². The number of rotatable bonds is 5. The molecule has 37 heavy (non-hydrogen) atoms. The Hall–Kier alpha value is -4.17. The lowest BCUT2D eigenvalue weighted by Crippen LogP contribution is -2.34. The van der Waals surface area contributed by atoms with Gasteiger partial charge >= 0.3 is 12.0 Å². The van der Waals surface area contributed by atoms with Crippen molar-refractivity contribution in [3.8, 4) is 5.69 Å². The first-order chi connectivity index (χ1) is 17.7. The molecule has 8 nitrogen and oxygen atoms in total. The van der Waals surface area contributed by atoms with Crippen LogP contribution in [0, 0.1) is 0 Å². The van der Waals surface area contributed by atoms with Crippen molar-refractivity contribution < 1.29 is 14.7 Å². The van der Waals surface area contributed by atoms with E-state index in [1.54, 1.807) is 4.68 Å². The maximum atomic E-state index is 13.1. The van der Waals surface area contributed by atoms with Crippen LogP contribution in [-0.2, 0) is 23.2 Å². The van der Waals surface area contributed by atoms with E-state index in [9.17, 15) is 14.7 Å². The second-order valence-electron chi connectivity index (χ2n) is 10.5. The molecule has 1 aromatic heterocycles. The summed E-state index contributed by atoms with van der Waals surface area (Å²) >= 11 is 0. The van der Waals surface area contributed by atoms with Gasteiger partial charge in [0.05, 0.1) is 23.6 Å². The summed E-state index contributed by atoms with van der Waals surface area (Å²) in [5.74, 6) is -0.272. The first-order valence-corrected chi connectivity index (χ1v) is 12.4. The Bertz CT molecular complexity index is 1480. The molecule has 8 heteroatoms. The zero-order valence-corrected chi connectivity index (χ0v) is 21.3. The maximum absolute atomic E-state index is 13.1. The van der Waals surface area contributed by atoms with Crippen molar-refractivity contribution in [1.29, 1.82) is 0 Å². The Morgan fingerprint density at radius 1 is 0.973 bits per heavy atom. The highest BCUT2D eigenvalue weighted by molar-refractivity contribution is 6.06. The number of aromatic nitrogens is 2. The van der Waals surface area contributed by atoms with Gasteiger partial charge < -0.3 is 10.4 Å². The summed E-state index contributed by atoms with van der Waals surface area (Å²) in [4.78, 5) is 26.3. The molecule has 5 rings (SSSR count). The summed E-state index contributed by atoms with van der Waals surface area (Å²) in [6, 6.07) is 21.4. The number of hydrogen-bond donors (Lipinski definition) is 3. The second-order valence-corrected chi connectivity index (χ2v) is 10.5. The van der Waals surface area contributed by atoms with Gasteiger partial charge in [0.25, 0.3) is 0 Å². The first kappa shape index (κ1) is 24.5. The lowest BCUT2D eigenvalue weighted by atomic mass is 9.92. The number of nitrogens with one attached hydrogen (secondary N) is 2. The lowest BCUT2D eigenvalue weighted by Gasteiger charge is -2.27. The number of carbonyl (C=O) groups excluding carboxylic acids is 1. The highest BCUT2D eigenvalue weighted by atomic mass is 16.4. The van der Waals surface area contributed by atoms with Gasteiger partial charge in [-0.1, -0.05) is 63.2 Å². The molecule has 0 saturated heterocycles. The molecule has 4 aromatic rings. The molecule has 0 unspecified atom stereocenters. The molecule has 0 spiro atoms. The number of anilines is 2. The third kappa shape index (κ3) is 5.34. The van der Waals surface area contributed by atoms with Gasteiger partial charge in [-0.2, -0.15) is 5.10 Å². The Balaban J connectivity index is 1.45. The minimum atomic E-state index is -0.829. The van der Waals surface area contributed by atoms with Crippen LogP contribution in [0.5, 0.6) is 0 Å². The fourth-order valence-electron chi connectivity index (χ4n) is 4.70. The number of hydrogen-bond acceptors (Lipinski definition) is 4. The van der Waals surface area contributed by atoms with Crippen LogP contribution in [0.25, 0.3) is 16.5 Å². The maximum Gasteiger partial charge on any atom is 0.324 e. The van der Waals surface area contributed by atoms with Crippen LogP contribution < -0.4 is 10.6 Å². The normalized spacial score (nSPS) is 13.8. The number of aliphatic carboxylic acids is 1. The predicted molar refractivity (Wildman–Crippen MR) is 145 cm³/mol. The van der Waals surface area contributed by atoms with Crippen LogP contribution in [0.1, 0.15) is 37.6 Å². The quantitative estimate of drug-likeness (QED) is 0.342. The van der Waals surface area contributed by atoms with Crippen molar-refractivity contribution in [3.05, 3.63) is 83.6 Å². The van der Waals surface area contributed by atoms with E-state index in [0.29, 0.717) is 12.4 Å². The van der Waals surface area contributed by atoms with E-state index < -0.39 is 5.97 Å². The number of carboxylic acids is 1. The molecule has 0 radical (unpaired) electrons. The molecule has 0 fully saturated rings. The molecule has 2 heterocycles. The molecule has 0 bridgehead atoms. The highest BCUT2D eigenvalue weighted by Gasteiger charge is 2.23. The van der Waals surface area contributed by atoms with Crippen LogP contribution in [0.15, 0.2) is 66.7 Å². The Labute approximate surface area is 215 Å². The van der Waals surface area contributed by atoms with E-state index in [4.69, 9.17) is 5.10 Å². The summed E-state index contributed by atoms with van der Waals surface area (Å²) < 4.78 is 1.75. The summed E-state index contributed by atoms with van der Waals surface area (Å²) in [6.45, 7) is 7.53. The van der Waals surface area contributed by atoms with Crippen molar-refractivity contribution >= 4 is 34.3 Å². The summed E-state index contributed by atoms with van der Waals surface area (Å²) in [5, 5.41) is 22.0. The van der Waals surface area contributed by atoms with E-state index in [0.717, 1.165) is 46.4 Å². The fraction of sp³-hybridized carbons (Fsp3) is 0.276. The largest absolute Gasteiger partial charge is 0.480 e. The van der Waals surface area contributed by atoms with Crippen molar-refractivity contribution in [2.45, 2.75) is 39.2 Å². The first-order valence-electron chi connectivity index (χ1n) is 12.4. The van der Waals surface area contributed by atoms with Crippen molar-refractivity contribution in [1.82, 2.24) is 14.7 Å². The number of urea groups is 1. The van der Waals surface area contributed by atoms with Gasteiger partial charge in [0.15, 0.2) is 0 Å². The minimum absolute atomic E-state index is 0.0146. The molecule has 0 saturated carbocycles. The van der Waals surface area contributed by atoms with Gasteiger partial charge in [0, 0.05) is 30.0 Å². The third-order valence-electron chi connectivity index (χ3n) is 6.64. The Morgan fingerprint density at radius 2 is 1.76 bits per heavy atom. The fourth-order valence-corrected chi connectivity index (χ4v) is 4.70. The van der Waals surface area contributed by atoms with Crippen LogP contribution >= 0.6 is 0 Å². The van der Waals surface area contributed by atoms with E-state index >= 15 is 0 Å². The number of amides is 2. The SMILES string of the molecule is CC(C)(C)c1cc(NC(=O)Nc2cccc3ccccc23)n(-c2ccc3c(c2)CN(CC(=O)O)CC3)n1. The molecular weight excluding hydrogens is 466 g/mol. The van der Waals surface area contributed by atoms with Gasteiger partial charge in [-0.25, -0.2) is 9.48 Å². The second kappa shape index (κ2) is 9.71. The number of benzene rings is 3. The number of nitrogens with zero attached hydrogens (tertiary/aromatic N) is 3. The van der Waals surface area contributed by atoms with Crippen LogP contribution in [0.3, 0.4) is 0 Å². The molecule has 3 N–H and O–H groups in total. The summed E-state index contributed by atoms with van der Waals surface area (Å²) in [5.41, 5.74) is 4.44. The standard InChI is InChI=1S/C29H31N5O3/c1-29(2,3)25-16-26(31-28(37)30-24-10-6-8-20-7-4-5-9-23(20)24)34(32-25)22-12-11-19-13-14-33(18-27(35)36)17-21(19)15-22/h4-12,15-16H,13-14,17-18H2,1-3H3,(H,35,36)(H2,30,31,37). The minimum Gasteiger partial charge on any atom is -0.480 e. The van der Waals surface area contributed by atoms with Gasteiger partial charge in [-0.3, -0.25) is 15.0 Å². The molecule has 3 aromatic carbocycles. The van der Waals surface area contributed by atoms with E-state index in [2.05, 4.69) is 37.5 Å². The number of carbonyl (C=O) groups is 2. The molecule has 0 atom stereocenters. The topological polar surface area (TPSA) is 99.5 Å². The average Bonchev–Trinajstić information content (AvgIpc) is 3.28. The van der Waals surface area contributed by atoms with E-state index in [1.165, 1.54) is 5.56 Å². The van der Waals surface area contributed by atoms with Crippen molar-refractivity contribution in [3.63, 3.8) is 0 Å². The zero-order chi connectivity index (χ0) is 26.2. The molecular formula is C29H31N5O3. The highest BCUT2D eigenvalue weighted by Crippen LogP contribution is 2.29. The average molecular weight is 498 g/mol. The van der Waals surface area contributed by atoms with Gasteiger partial charge in [-0.05, 0) is 41.1 Å². The summed E-state index contributed by atoms with van der Waals surface area (Å²) in [6.07, 6.45) is 0.799. The van der Waals surface area contributed by atoms with Crippen LogP contribution in [0.2, 0.25) is 0 Å². The molecule has 1 aliphatic heterocycles. The van der Waals surface area contributed by atoms with E-state index in [-0.39, 0.29) is 18.0 Å². The lowest BCUT2D eigenvalue weighted by molar-refractivity contribution is -0.138. The monoisotopic (exact) mass is 497 g/mol. The zero-order valence-electron chi connectivity index (χ0n) is 21.3. The Morgan fingerprint density at radius 3 is 2.54 bits per heavy atom. The van der Waals surface area contributed by atoms with Crippen molar-refractivity contribution in [2.75, 3.05) is 23.7 Å². The Kier molecular flexibility index (Phi) is 6.43. The van der Waals surface area contributed by atoms with E-state index in [1.807, 2.05) is 65.6 Å². The molecule has 190 valence electrons. The number of fused-ring (bicyclic) bond motifs is 2. The van der Waals surface area contributed by atoms with Gasteiger partial charge in [0.1, 0.15) is 5.82 Å². The predicted octanol–water partition coefficient (Wildman–Crippen LogP) is 5.41. The number of carboxylic acid groups (broad SMARTS) is 1. The van der Waals surface area contributed by atoms with Gasteiger partial charge in [0.2, 0.25) is 0 Å².